The van der Waals surface area contributed by atoms with Gasteiger partial charge in [0, 0.05) is 6.04 Å². The molecule has 0 aromatic heterocycles. The van der Waals surface area contributed by atoms with Crippen LogP contribution in [-0.2, 0) is 0 Å². The predicted molar refractivity (Wildman–Crippen MR) is 83.4 cm³/mol. The van der Waals surface area contributed by atoms with E-state index in [1.165, 1.54) is 31.2 Å². The molecule has 1 heteroatoms. The van der Waals surface area contributed by atoms with E-state index in [1.807, 2.05) is 0 Å². The van der Waals surface area contributed by atoms with Gasteiger partial charge in [-0.2, -0.15) is 0 Å². The maximum atomic E-state index is 6.24. The highest BCUT2D eigenvalue weighted by molar-refractivity contribution is 5.31. The molecule has 4 saturated carbocycles. The van der Waals surface area contributed by atoms with Gasteiger partial charge in [0.15, 0.2) is 0 Å². The van der Waals surface area contributed by atoms with Crippen LogP contribution in [0.3, 0.4) is 0 Å². The minimum Gasteiger partial charge on any atom is -0.324 e. The van der Waals surface area contributed by atoms with Crippen LogP contribution in [-0.4, -0.2) is 0 Å². The van der Waals surface area contributed by atoms with Crippen molar-refractivity contribution in [1.29, 1.82) is 0 Å². The third kappa shape index (κ3) is 2.02. The van der Waals surface area contributed by atoms with E-state index in [0.29, 0.717) is 0 Å². The van der Waals surface area contributed by atoms with Gasteiger partial charge in [-0.1, -0.05) is 31.2 Å². The standard InChI is InChI=1S/C19H27N/c1-2-18(20)14-4-3-5-15(11-14)19-16-7-12-6-13(9-16)10-17(19)8-12/h3-5,11-13,16-19H,2,6-10,20H2,1H3. The van der Waals surface area contributed by atoms with Crippen molar-refractivity contribution in [2.24, 2.45) is 29.4 Å². The Morgan fingerprint density at radius 1 is 1.05 bits per heavy atom. The molecule has 0 spiro atoms. The average Bonchev–Trinajstić information content (AvgIpc) is 2.45. The second-order valence-electron chi connectivity index (χ2n) is 7.64. The van der Waals surface area contributed by atoms with Gasteiger partial charge in [-0.25, -0.2) is 0 Å². The fourth-order valence-electron chi connectivity index (χ4n) is 5.70. The fourth-order valence-corrected chi connectivity index (χ4v) is 5.70. The molecule has 0 radical (unpaired) electrons. The third-order valence-electron chi connectivity index (χ3n) is 6.39. The lowest BCUT2D eigenvalue weighted by atomic mass is 9.50. The number of nitrogens with two attached hydrogens (primary N) is 1. The highest BCUT2D eigenvalue weighted by Gasteiger charge is 2.48. The van der Waals surface area contributed by atoms with Crippen LogP contribution in [0.5, 0.6) is 0 Å². The SMILES string of the molecule is CCC(N)c1cccc(C2C3CC4CC(C3)CC2C4)c1. The van der Waals surface area contributed by atoms with E-state index in [9.17, 15) is 0 Å². The predicted octanol–water partition coefficient (Wildman–Crippen LogP) is 4.64. The molecule has 4 fully saturated rings. The van der Waals surface area contributed by atoms with E-state index in [0.717, 1.165) is 36.0 Å². The van der Waals surface area contributed by atoms with Gasteiger partial charge in [-0.15, -0.1) is 0 Å². The summed E-state index contributed by atoms with van der Waals surface area (Å²) in [6.07, 6.45) is 8.58. The zero-order chi connectivity index (χ0) is 13.7. The summed E-state index contributed by atoms with van der Waals surface area (Å²) >= 11 is 0. The van der Waals surface area contributed by atoms with Gasteiger partial charge in [0.05, 0.1) is 0 Å². The molecule has 1 unspecified atom stereocenters. The Labute approximate surface area is 122 Å². The molecular formula is C19H27N. The minimum atomic E-state index is 0.215. The molecular weight excluding hydrogens is 242 g/mol. The van der Waals surface area contributed by atoms with E-state index in [1.54, 1.807) is 12.0 Å². The van der Waals surface area contributed by atoms with Crippen molar-refractivity contribution in [3.8, 4) is 0 Å². The molecule has 1 nitrogen and oxygen atoms in total. The number of benzene rings is 1. The smallest absolute Gasteiger partial charge is 0.0292 e. The first kappa shape index (κ1) is 12.9. The van der Waals surface area contributed by atoms with Gasteiger partial charge < -0.3 is 5.73 Å². The van der Waals surface area contributed by atoms with Crippen LogP contribution in [0.15, 0.2) is 24.3 Å². The lowest BCUT2D eigenvalue weighted by Gasteiger charge is -2.54. The highest BCUT2D eigenvalue weighted by atomic mass is 14.6. The van der Waals surface area contributed by atoms with Gasteiger partial charge in [0.2, 0.25) is 0 Å². The zero-order valence-electron chi connectivity index (χ0n) is 12.6. The van der Waals surface area contributed by atoms with Crippen molar-refractivity contribution in [2.45, 2.75) is 57.4 Å². The molecule has 1 aromatic rings. The maximum absolute atomic E-state index is 6.24. The van der Waals surface area contributed by atoms with Gasteiger partial charge >= 0.3 is 0 Å². The zero-order valence-corrected chi connectivity index (χ0v) is 12.6. The summed E-state index contributed by atoms with van der Waals surface area (Å²) in [6.45, 7) is 2.18. The first-order valence-electron chi connectivity index (χ1n) is 8.60. The highest BCUT2D eigenvalue weighted by Crippen LogP contribution is 2.59. The van der Waals surface area contributed by atoms with Gasteiger partial charge in [0.1, 0.15) is 0 Å². The van der Waals surface area contributed by atoms with E-state index < -0.39 is 0 Å². The van der Waals surface area contributed by atoms with Crippen molar-refractivity contribution < 1.29 is 0 Å². The molecule has 1 aromatic carbocycles. The van der Waals surface area contributed by atoms with E-state index >= 15 is 0 Å². The minimum absolute atomic E-state index is 0.215. The molecule has 4 bridgehead atoms. The lowest BCUT2D eigenvalue weighted by Crippen LogP contribution is -2.43. The quantitative estimate of drug-likeness (QED) is 0.850. The van der Waals surface area contributed by atoms with Crippen LogP contribution < -0.4 is 5.73 Å². The third-order valence-corrected chi connectivity index (χ3v) is 6.39. The van der Waals surface area contributed by atoms with Crippen molar-refractivity contribution in [3.05, 3.63) is 35.4 Å². The van der Waals surface area contributed by atoms with Crippen molar-refractivity contribution in [3.63, 3.8) is 0 Å². The lowest BCUT2D eigenvalue weighted by molar-refractivity contribution is -0.00280. The Hall–Kier alpha value is -0.820. The molecule has 4 aliphatic carbocycles. The van der Waals surface area contributed by atoms with Crippen LogP contribution in [0.2, 0.25) is 0 Å². The molecule has 5 rings (SSSR count). The van der Waals surface area contributed by atoms with Crippen LogP contribution in [0.25, 0.3) is 0 Å². The van der Waals surface area contributed by atoms with Crippen LogP contribution in [0.1, 0.15) is 68.5 Å². The van der Waals surface area contributed by atoms with Crippen LogP contribution >= 0.6 is 0 Å². The molecule has 4 aliphatic rings. The summed E-state index contributed by atoms with van der Waals surface area (Å²) in [5.74, 6) is 4.91. The molecule has 0 saturated heterocycles. The fraction of sp³-hybridized carbons (Fsp3) is 0.684. The Kier molecular flexibility index (Phi) is 3.14. The van der Waals surface area contributed by atoms with E-state index in [2.05, 4.69) is 31.2 Å². The van der Waals surface area contributed by atoms with Gasteiger partial charge in [-0.05, 0) is 79.2 Å². The molecule has 1 atom stereocenters. The molecule has 0 heterocycles. The summed E-state index contributed by atoms with van der Waals surface area (Å²) in [5, 5.41) is 0. The second kappa shape index (κ2) is 4.87. The largest absolute Gasteiger partial charge is 0.324 e. The summed E-state index contributed by atoms with van der Waals surface area (Å²) in [5.41, 5.74) is 9.18. The number of hydrogen-bond acceptors (Lipinski definition) is 1. The second-order valence-corrected chi connectivity index (χ2v) is 7.64. The number of hydrogen-bond donors (Lipinski definition) is 1. The van der Waals surface area contributed by atoms with Crippen LogP contribution in [0.4, 0.5) is 0 Å². The monoisotopic (exact) mass is 269 g/mol. The van der Waals surface area contributed by atoms with Crippen LogP contribution in [0, 0.1) is 23.7 Å². The summed E-state index contributed by atoms with van der Waals surface area (Å²) in [6, 6.07) is 9.48. The molecule has 108 valence electrons. The first-order chi connectivity index (χ1) is 9.74. The Bertz CT molecular complexity index is 464. The molecule has 0 aliphatic heterocycles. The Morgan fingerprint density at radius 3 is 2.30 bits per heavy atom. The summed E-state index contributed by atoms with van der Waals surface area (Å²) in [4.78, 5) is 0. The first-order valence-corrected chi connectivity index (χ1v) is 8.60. The molecule has 20 heavy (non-hydrogen) atoms. The summed E-state index contributed by atoms with van der Waals surface area (Å²) in [7, 11) is 0. The Balaban J connectivity index is 1.64. The normalized spacial score (nSPS) is 40.0. The van der Waals surface area contributed by atoms with E-state index in [-0.39, 0.29) is 6.04 Å². The molecule has 0 amide bonds. The average molecular weight is 269 g/mol. The van der Waals surface area contributed by atoms with Crippen molar-refractivity contribution in [1.82, 2.24) is 0 Å². The van der Waals surface area contributed by atoms with Gasteiger partial charge in [0.25, 0.3) is 0 Å². The topological polar surface area (TPSA) is 26.0 Å². The number of rotatable bonds is 3. The van der Waals surface area contributed by atoms with Crippen molar-refractivity contribution >= 4 is 0 Å². The molecule has 2 N–H and O–H groups in total. The van der Waals surface area contributed by atoms with Gasteiger partial charge in [-0.3, -0.25) is 0 Å². The Morgan fingerprint density at radius 2 is 1.70 bits per heavy atom. The summed E-state index contributed by atoms with van der Waals surface area (Å²) < 4.78 is 0. The maximum Gasteiger partial charge on any atom is 0.0292 e. The van der Waals surface area contributed by atoms with Crippen molar-refractivity contribution in [2.75, 3.05) is 0 Å². The van der Waals surface area contributed by atoms with E-state index in [4.69, 9.17) is 5.73 Å².